The number of likely N-dealkylation sites (N-methyl/N-ethyl adjacent to an activating group) is 1. The Hall–Kier alpha value is -0.810. The Kier molecular flexibility index (Phi) is 4.23. The van der Waals surface area contributed by atoms with Crippen LogP contribution < -0.4 is 0 Å². The molecule has 5 heteroatoms. The third kappa shape index (κ3) is 3.10. The van der Waals surface area contributed by atoms with E-state index in [9.17, 15) is 4.79 Å². The normalized spacial score (nSPS) is 24.1. The third-order valence-electron chi connectivity index (χ3n) is 3.82. The Morgan fingerprint density at radius 2 is 1.53 bits per heavy atom. The molecule has 2 saturated heterocycles. The number of methoxy groups -OCH3 is 1. The molecule has 2 aliphatic heterocycles. The number of likely N-dealkylation sites (tertiary alicyclic amines) is 1. The molecule has 2 heterocycles. The van der Waals surface area contributed by atoms with Gasteiger partial charge in [0.05, 0.1) is 6.10 Å². The first-order valence-electron chi connectivity index (χ1n) is 6.46. The van der Waals surface area contributed by atoms with Gasteiger partial charge in [-0.3, -0.25) is 0 Å². The van der Waals surface area contributed by atoms with E-state index in [-0.39, 0.29) is 6.03 Å². The fourth-order valence-corrected chi connectivity index (χ4v) is 2.48. The summed E-state index contributed by atoms with van der Waals surface area (Å²) in [5.74, 6) is 0. The van der Waals surface area contributed by atoms with Gasteiger partial charge in [0.1, 0.15) is 0 Å². The summed E-state index contributed by atoms with van der Waals surface area (Å²) in [6.45, 7) is 5.37. The first-order chi connectivity index (χ1) is 8.20. The Bertz CT molecular complexity index is 256. The van der Waals surface area contributed by atoms with Gasteiger partial charge in [-0.05, 0) is 19.9 Å². The van der Waals surface area contributed by atoms with Crippen LogP contribution in [0.3, 0.4) is 0 Å². The second kappa shape index (κ2) is 5.69. The number of amides is 2. The van der Waals surface area contributed by atoms with E-state index in [0.717, 1.165) is 52.1 Å². The molecule has 2 amide bonds. The molecular formula is C12H23N3O2. The SMILES string of the molecule is COC1CCN(C(=O)N2CCN(C)CC2)CC1. The lowest BCUT2D eigenvalue weighted by molar-refractivity contribution is 0.0417. The summed E-state index contributed by atoms with van der Waals surface area (Å²) in [5, 5.41) is 0. The highest BCUT2D eigenvalue weighted by Gasteiger charge is 2.27. The molecule has 0 radical (unpaired) electrons. The first-order valence-corrected chi connectivity index (χ1v) is 6.46. The van der Waals surface area contributed by atoms with Crippen molar-refractivity contribution in [2.45, 2.75) is 18.9 Å². The van der Waals surface area contributed by atoms with Gasteiger partial charge in [0, 0.05) is 46.4 Å². The molecule has 0 atom stereocenters. The van der Waals surface area contributed by atoms with Crippen molar-refractivity contribution in [2.24, 2.45) is 0 Å². The molecule has 0 spiro atoms. The topological polar surface area (TPSA) is 36.0 Å². The van der Waals surface area contributed by atoms with Crippen LogP contribution >= 0.6 is 0 Å². The molecule has 2 fully saturated rings. The van der Waals surface area contributed by atoms with E-state index in [2.05, 4.69) is 11.9 Å². The van der Waals surface area contributed by atoms with Crippen LogP contribution in [0.1, 0.15) is 12.8 Å². The average molecular weight is 241 g/mol. The van der Waals surface area contributed by atoms with Crippen LogP contribution in [0.15, 0.2) is 0 Å². The van der Waals surface area contributed by atoms with Gasteiger partial charge in [-0.1, -0.05) is 0 Å². The number of carbonyl (C=O) groups excluding carboxylic acids is 1. The molecule has 0 aromatic carbocycles. The number of rotatable bonds is 1. The van der Waals surface area contributed by atoms with Gasteiger partial charge in [0.15, 0.2) is 0 Å². The number of nitrogens with zero attached hydrogens (tertiary/aromatic N) is 3. The molecule has 17 heavy (non-hydrogen) atoms. The average Bonchev–Trinajstić information content (AvgIpc) is 2.39. The molecule has 0 unspecified atom stereocenters. The molecular weight excluding hydrogens is 218 g/mol. The van der Waals surface area contributed by atoms with Crippen molar-refractivity contribution in [2.75, 3.05) is 53.4 Å². The molecule has 5 nitrogen and oxygen atoms in total. The second-order valence-corrected chi connectivity index (χ2v) is 5.00. The predicted molar refractivity (Wildman–Crippen MR) is 66.1 cm³/mol. The summed E-state index contributed by atoms with van der Waals surface area (Å²) in [7, 11) is 3.86. The summed E-state index contributed by atoms with van der Waals surface area (Å²) in [4.78, 5) is 18.5. The fourth-order valence-electron chi connectivity index (χ4n) is 2.48. The zero-order chi connectivity index (χ0) is 12.3. The summed E-state index contributed by atoms with van der Waals surface area (Å²) in [6, 6.07) is 0.215. The highest BCUT2D eigenvalue weighted by molar-refractivity contribution is 5.74. The van der Waals surface area contributed by atoms with Crippen molar-refractivity contribution in [1.82, 2.24) is 14.7 Å². The number of piperidine rings is 1. The maximum absolute atomic E-state index is 12.2. The van der Waals surface area contributed by atoms with Crippen molar-refractivity contribution in [3.63, 3.8) is 0 Å². The smallest absolute Gasteiger partial charge is 0.320 e. The van der Waals surface area contributed by atoms with Crippen LogP contribution in [0.25, 0.3) is 0 Å². The summed E-state index contributed by atoms with van der Waals surface area (Å²) in [5.41, 5.74) is 0. The van der Waals surface area contributed by atoms with Crippen molar-refractivity contribution in [3.05, 3.63) is 0 Å². The monoisotopic (exact) mass is 241 g/mol. The quantitative estimate of drug-likeness (QED) is 0.669. The van der Waals surface area contributed by atoms with Crippen LogP contribution in [0.2, 0.25) is 0 Å². The van der Waals surface area contributed by atoms with E-state index in [0.29, 0.717) is 6.10 Å². The Morgan fingerprint density at radius 3 is 2.06 bits per heavy atom. The van der Waals surface area contributed by atoms with Crippen LogP contribution in [0, 0.1) is 0 Å². The van der Waals surface area contributed by atoms with Crippen molar-refractivity contribution >= 4 is 6.03 Å². The maximum atomic E-state index is 12.2. The molecule has 0 aromatic rings. The Balaban J connectivity index is 1.80. The minimum absolute atomic E-state index is 0.215. The van der Waals surface area contributed by atoms with E-state index in [1.165, 1.54) is 0 Å². The number of carbonyl (C=O) groups is 1. The lowest BCUT2D eigenvalue weighted by Gasteiger charge is -2.38. The van der Waals surface area contributed by atoms with Gasteiger partial charge in [-0.15, -0.1) is 0 Å². The molecule has 98 valence electrons. The first kappa shape index (κ1) is 12.6. The lowest BCUT2D eigenvalue weighted by atomic mass is 10.1. The van der Waals surface area contributed by atoms with E-state index in [1.807, 2.05) is 9.80 Å². The predicted octanol–water partition coefficient (Wildman–Crippen LogP) is 0.465. The van der Waals surface area contributed by atoms with Gasteiger partial charge in [0.2, 0.25) is 0 Å². The van der Waals surface area contributed by atoms with Gasteiger partial charge in [0.25, 0.3) is 0 Å². The number of urea groups is 1. The van der Waals surface area contributed by atoms with Crippen molar-refractivity contribution in [1.29, 1.82) is 0 Å². The number of hydrogen-bond donors (Lipinski definition) is 0. The molecule has 2 rings (SSSR count). The molecule has 2 aliphatic rings. The second-order valence-electron chi connectivity index (χ2n) is 5.00. The summed E-state index contributed by atoms with van der Waals surface area (Å²) >= 11 is 0. The van der Waals surface area contributed by atoms with Crippen LogP contribution in [0.5, 0.6) is 0 Å². The largest absolute Gasteiger partial charge is 0.381 e. The molecule has 0 N–H and O–H groups in total. The minimum Gasteiger partial charge on any atom is -0.381 e. The van der Waals surface area contributed by atoms with E-state index >= 15 is 0 Å². The van der Waals surface area contributed by atoms with E-state index in [1.54, 1.807) is 7.11 Å². The lowest BCUT2D eigenvalue weighted by Crippen LogP contribution is -2.53. The number of piperazine rings is 1. The summed E-state index contributed by atoms with van der Waals surface area (Å²) in [6.07, 6.45) is 2.28. The van der Waals surface area contributed by atoms with Crippen molar-refractivity contribution in [3.8, 4) is 0 Å². The van der Waals surface area contributed by atoms with Crippen LogP contribution in [-0.2, 0) is 4.74 Å². The molecule has 0 aliphatic carbocycles. The van der Waals surface area contributed by atoms with Gasteiger partial charge in [-0.2, -0.15) is 0 Å². The van der Waals surface area contributed by atoms with Gasteiger partial charge < -0.3 is 19.4 Å². The number of hydrogen-bond acceptors (Lipinski definition) is 3. The van der Waals surface area contributed by atoms with Crippen LogP contribution in [-0.4, -0.2) is 80.3 Å². The fraction of sp³-hybridized carbons (Fsp3) is 0.917. The molecule has 0 aromatic heterocycles. The Labute approximate surface area is 103 Å². The summed E-state index contributed by atoms with van der Waals surface area (Å²) < 4.78 is 5.32. The minimum atomic E-state index is 0.215. The van der Waals surface area contributed by atoms with Gasteiger partial charge in [-0.25, -0.2) is 4.79 Å². The molecule has 0 saturated carbocycles. The standard InChI is InChI=1S/C12H23N3O2/c1-13-7-9-15(10-8-13)12(16)14-5-3-11(17-2)4-6-14/h11H,3-10H2,1-2H3. The molecule has 0 bridgehead atoms. The van der Waals surface area contributed by atoms with Crippen LogP contribution in [0.4, 0.5) is 4.79 Å². The van der Waals surface area contributed by atoms with E-state index in [4.69, 9.17) is 4.74 Å². The third-order valence-corrected chi connectivity index (χ3v) is 3.82. The van der Waals surface area contributed by atoms with Crippen molar-refractivity contribution < 1.29 is 9.53 Å². The van der Waals surface area contributed by atoms with Gasteiger partial charge >= 0.3 is 6.03 Å². The highest BCUT2D eigenvalue weighted by Crippen LogP contribution is 2.15. The maximum Gasteiger partial charge on any atom is 0.320 e. The Morgan fingerprint density at radius 1 is 1.00 bits per heavy atom. The van der Waals surface area contributed by atoms with E-state index < -0.39 is 0 Å². The highest BCUT2D eigenvalue weighted by atomic mass is 16.5. The number of ether oxygens (including phenoxy) is 1. The zero-order valence-corrected chi connectivity index (χ0v) is 10.9. The zero-order valence-electron chi connectivity index (χ0n) is 10.9.